The van der Waals surface area contributed by atoms with Gasteiger partial charge in [0.15, 0.2) is 5.69 Å². The predicted molar refractivity (Wildman–Crippen MR) is 115 cm³/mol. The number of nitrogens with one attached hydrogen (secondary N) is 2. The zero-order chi connectivity index (χ0) is 21.1. The number of aromatic amines is 1. The number of esters is 1. The van der Waals surface area contributed by atoms with Crippen LogP contribution in [-0.4, -0.2) is 33.7 Å². The van der Waals surface area contributed by atoms with Gasteiger partial charge in [-0.3, -0.25) is 14.9 Å². The van der Waals surface area contributed by atoms with Gasteiger partial charge < -0.3 is 10.1 Å². The number of halogens is 1. The summed E-state index contributed by atoms with van der Waals surface area (Å²) in [6, 6.07) is 14.6. The third-order valence-corrected chi connectivity index (χ3v) is 4.83. The Morgan fingerprint density at radius 1 is 1.10 bits per heavy atom. The summed E-state index contributed by atoms with van der Waals surface area (Å²) >= 11 is 6.02. The molecular weight excluding hydrogens is 404 g/mol. The quantitative estimate of drug-likeness (QED) is 0.456. The topological polar surface area (TPSA) is 97.0 Å². The smallest absolute Gasteiger partial charge is 0.359 e. The fourth-order valence-electron chi connectivity index (χ4n) is 3.06. The second-order valence-corrected chi connectivity index (χ2v) is 6.85. The summed E-state index contributed by atoms with van der Waals surface area (Å²) in [7, 11) is 0. The van der Waals surface area contributed by atoms with E-state index in [2.05, 4.69) is 20.5 Å². The molecule has 2 heterocycles. The van der Waals surface area contributed by atoms with Crippen molar-refractivity contribution in [2.75, 3.05) is 11.9 Å². The van der Waals surface area contributed by atoms with Gasteiger partial charge in [-0.25, -0.2) is 4.79 Å². The number of ether oxygens (including phenoxy) is 1. The number of H-pyrrole nitrogens is 1. The Labute approximate surface area is 177 Å². The van der Waals surface area contributed by atoms with Gasteiger partial charge >= 0.3 is 5.97 Å². The lowest BCUT2D eigenvalue weighted by Crippen LogP contribution is -2.12. The highest BCUT2D eigenvalue weighted by atomic mass is 35.5. The van der Waals surface area contributed by atoms with Crippen LogP contribution in [0.25, 0.3) is 22.0 Å². The molecule has 0 aliphatic rings. The van der Waals surface area contributed by atoms with Crippen LogP contribution in [0, 0.1) is 0 Å². The van der Waals surface area contributed by atoms with E-state index < -0.39 is 5.97 Å². The molecule has 0 fully saturated rings. The lowest BCUT2D eigenvalue weighted by atomic mass is 10.0. The Morgan fingerprint density at radius 2 is 1.87 bits per heavy atom. The Hall–Kier alpha value is -3.71. The number of hydrogen-bond donors (Lipinski definition) is 2. The first-order valence-corrected chi connectivity index (χ1v) is 9.61. The Morgan fingerprint density at radius 3 is 2.60 bits per heavy atom. The summed E-state index contributed by atoms with van der Waals surface area (Å²) in [5, 5.41) is 10.8. The zero-order valence-corrected chi connectivity index (χ0v) is 16.7. The van der Waals surface area contributed by atoms with Crippen LogP contribution in [0.1, 0.15) is 27.8 Å². The van der Waals surface area contributed by atoms with Crippen molar-refractivity contribution >= 4 is 40.1 Å². The van der Waals surface area contributed by atoms with Crippen molar-refractivity contribution < 1.29 is 14.3 Å². The maximum Gasteiger partial charge on any atom is 0.359 e. The molecule has 0 aliphatic heterocycles. The number of nitrogens with zero attached hydrogens (tertiary/aromatic N) is 2. The van der Waals surface area contributed by atoms with E-state index >= 15 is 0 Å². The number of pyridine rings is 1. The lowest BCUT2D eigenvalue weighted by Gasteiger charge is -2.08. The molecule has 30 heavy (non-hydrogen) atoms. The molecule has 8 heteroatoms. The van der Waals surface area contributed by atoms with Crippen molar-refractivity contribution in [2.24, 2.45) is 0 Å². The molecule has 0 radical (unpaired) electrons. The standard InChI is InChI=1S/C22H17ClN4O3/c1-2-30-22(29)20-17-8-5-14(11-19(17)26-27-20)13-3-6-15(7-4-13)25-21(28)16-9-10-24-12-18(16)23/h3-12H,2H2,1H3,(H,25,28)(H,26,27). The van der Waals surface area contributed by atoms with Crippen LogP contribution in [0.15, 0.2) is 60.9 Å². The van der Waals surface area contributed by atoms with E-state index in [0.717, 1.165) is 16.6 Å². The number of carbonyl (C=O) groups is 2. The van der Waals surface area contributed by atoms with E-state index in [0.29, 0.717) is 28.3 Å². The van der Waals surface area contributed by atoms with Crippen molar-refractivity contribution in [2.45, 2.75) is 6.92 Å². The molecular formula is C22H17ClN4O3. The second kappa shape index (κ2) is 8.34. The fourth-order valence-corrected chi connectivity index (χ4v) is 3.26. The highest BCUT2D eigenvalue weighted by molar-refractivity contribution is 6.34. The molecule has 0 bridgehead atoms. The Bertz CT molecular complexity index is 1230. The first kappa shape index (κ1) is 19.6. The van der Waals surface area contributed by atoms with Gasteiger partial charge in [-0.2, -0.15) is 5.10 Å². The average molecular weight is 421 g/mol. The van der Waals surface area contributed by atoms with Gasteiger partial charge in [0.05, 0.1) is 22.7 Å². The third-order valence-electron chi connectivity index (χ3n) is 4.52. The van der Waals surface area contributed by atoms with Gasteiger partial charge in [0.1, 0.15) is 0 Å². The molecule has 2 N–H and O–H groups in total. The molecule has 0 spiro atoms. The molecule has 0 atom stereocenters. The number of fused-ring (bicyclic) bond motifs is 1. The molecule has 1 amide bonds. The van der Waals surface area contributed by atoms with E-state index in [9.17, 15) is 9.59 Å². The van der Waals surface area contributed by atoms with Crippen LogP contribution < -0.4 is 5.32 Å². The van der Waals surface area contributed by atoms with Crippen LogP contribution in [0.4, 0.5) is 5.69 Å². The number of hydrogen-bond acceptors (Lipinski definition) is 5. The minimum atomic E-state index is -0.453. The normalized spacial score (nSPS) is 10.7. The van der Waals surface area contributed by atoms with Gasteiger partial charge in [0.25, 0.3) is 5.91 Å². The van der Waals surface area contributed by atoms with Crippen molar-refractivity contribution in [1.82, 2.24) is 15.2 Å². The molecule has 0 unspecified atom stereocenters. The number of benzene rings is 2. The SMILES string of the molecule is CCOC(=O)c1n[nH]c2cc(-c3ccc(NC(=O)c4ccncc4Cl)cc3)ccc12. The van der Waals surface area contributed by atoms with E-state index in [1.807, 2.05) is 42.5 Å². The van der Waals surface area contributed by atoms with E-state index in [-0.39, 0.29) is 11.6 Å². The number of rotatable bonds is 5. The van der Waals surface area contributed by atoms with Gasteiger partial charge in [-0.05, 0) is 48.4 Å². The molecule has 150 valence electrons. The van der Waals surface area contributed by atoms with Gasteiger partial charge in [0, 0.05) is 23.5 Å². The van der Waals surface area contributed by atoms with Crippen molar-refractivity contribution in [3.63, 3.8) is 0 Å². The lowest BCUT2D eigenvalue weighted by molar-refractivity contribution is 0.0521. The number of amides is 1. The van der Waals surface area contributed by atoms with Crippen LogP contribution in [0.3, 0.4) is 0 Å². The maximum absolute atomic E-state index is 12.4. The number of aromatic nitrogens is 3. The van der Waals surface area contributed by atoms with E-state index in [1.54, 1.807) is 13.0 Å². The highest BCUT2D eigenvalue weighted by Gasteiger charge is 2.15. The van der Waals surface area contributed by atoms with Gasteiger partial charge in [-0.1, -0.05) is 29.8 Å². The molecule has 2 aromatic carbocycles. The summed E-state index contributed by atoms with van der Waals surface area (Å²) in [6.45, 7) is 2.05. The fraction of sp³-hybridized carbons (Fsp3) is 0.0909. The molecule has 4 aromatic rings. The number of carbonyl (C=O) groups excluding carboxylic acids is 2. The molecule has 7 nitrogen and oxygen atoms in total. The zero-order valence-electron chi connectivity index (χ0n) is 16.0. The average Bonchev–Trinajstić information content (AvgIpc) is 3.18. The molecule has 2 aromatic heterocycles. The van der Waals surface area contributed by atoms with Crippen LogP contribution in [-0.2, 0) is 4.74 Å². The molecule has 4 rings (SSSR count). The molecule has 0 saturated carbocycles. The van der Waals surface area contributed by atoms with E-state index in [1.165, 1.54) is 12.4 Å². The first-order valence-electron chi connectivity index (χ1n) is 9.23. The van der Waals surface area contributed by atoms with Crippen LogP contribution >= 0.6 is 11.6 Å². The summed E-state index contributed by atoms with van der Waals surface area (Å²) in [4.78, 5) is 28.2. The summed E-state index contributed by atoms with van der Waals surface area (Å²) in [5.41, 5.74) is 3.90. The third kappa shape index (κ3) is 3.88. The highest BCUT2D eigenvalue weighted by Crippen LogP contribution is 2.27. The van der Waals surface area contributed by atoms with Gasteiger partial charge in [-0.15, -0.1) is 0 Å². The van der Waals surface area contributed by atoms with Crippen LogP contribution in [0.2, 0.25) is 5.02 Å². The summed E-state index contributed by atoms with van der Waals surface area (Å²) < 4.78 is 5.03. The largest absolute Gasteiger partial charge is 0.461 e. The Kier molecular flexibility index (Phi) is 5.45. The van der Waals surface area contributed by atoms with Gasteiger partial charge in [0.2, 0.25) is 0 Å². The summed E-state index contributed by atoms with van der Waals surface area (Å²) in [6.07, 6.45) is 2.95. The first-order chi connectivity index (χ1) is 14.6. The van der Waals surface area contributed by atoms with Crippen LogP contribution in [0.5, 0.6) is 0 Å². The minimum absolute atomic E-state index is 0.270. The second-order valence-electron chi connectivity index (χ2n) is 6.44. The van der Waals surface area contributed by atoms with Crippen molar-refractivity contribution in [1.29, 1.82) is 0 Å². The molecule has 0 saturated heterocycles. The van der Waals surface area contributed by atoms with E-state index in [4.69, 9.17) is 16.3 Å². The monoisotopic (exact) mass is 420 g/mol. The number of anilines is 1. The maximum atomic E-state index is 12.4. The predicted octanol–water partition coefficient (Wildman–Crippen LogP) is 4.71. The van der Waals surface area contributed by atoms with Crippen molar-refractivity contribution in [3.8, 4) is 11.1 Å². The molecule has 0 aliphatic carbocycles. The minimum Gasteiger partial charge on any atom is -0.461 e. The summed E-state index contributed by atoms with van der Waals surface area (Å²) in [5.74, 6) is -0.758. The Balaban J connectivity index is 1.54. The van der Waals surface area contributed by atoms with Crippen molar-refractivity contribution in [3.05, 3.63) is 77.2 Å².